The third kappa shape index (κ3) is 4.21. The Bertz CT molecular complexity index is 623. The number of ether oxygens (including phenoxy) is 1. The standard InChI is InChI=1S/C19H27N3O/c1-16-5-3-6-17(13-16)18-7-4-9-21(14-18)15-19-20-8-10-22(19)11-12-23-2/h3,5-6,8,10,13,18H,4,7,9,11-12,14-15H2,1-2H3. The molecule has 0 aliphatic carbocycles. The predicted molar refractivity (Wildman–Crippen MR) is 92.5 cm³/mol. The number of rotatable bonds is 6. The van der Waals surface area contributed by atoms with Crippen molar-refractivity contribution in [2.24, 2.45) is 0 Å². The molecule has 1 aromatic heterocycles. The maximum Gasteiger partial charge on any atom is 0.122 e. The minimum Gasteiger partial charge on any atom is -0.383 e. The molecule has 4 nitrogen and oxygen atoms in total. The molecule has 0 bridgehead atoms. The summed E-state index contributed by atoms with van der Waals surface area (Å²) >= 11 is 0. The van der Waals surface area contributed by atoms with E-state index in [9.17, 15) is 0 Å². The maximum absolute atomic E-state index is 5.18. The Balaban J connectivity index is 1.64. The summed E-state index contributed by atoms with van der Waals surface area (Å²) in [7, 11) is 1.74. The lowest BCUT2D eigenvalue weighted by atomic mass is 9.90. The summed E-state index contributed by atoms with van der Waals surface area (Å²) in [4.78, 5) is 7.08. The minimum atomic E-state index is 0.644. The number of aromatic nitrogens is 2. The van der Waals surface area contributed by atoms with Gasteiger partial charge in [0.1, 0.15) is 5.82 Å². The normalized spacial score (nSPS) is 19.1. The predicted octanol–water partition coefficient (Wildman–Crippen LogP) is 3.22. The zero-order valence-electron chi connectivity index (χ0n) is 14.2. The van der Waals surface area contributed by atoms with E-state index in [0.29, 0.717) is 5.92 Å². The summed E-state index contributed by atoms with van der Waals surface area (Å²) in [5.41, 5.74) is 2.84. The number of hydrogen-bond acceptors (Lipinski definition) is 3. The lowest BCUT2D eigenvalue weighted by molar-refractivity contribution is 0.176. The van der Waals surface area contributed by atoms with Gasteiger partial charge in [-0.1, -0.05) is 29.8 Å². The molecule has 0 N–H and O–H groups in total. The van der Waals surface area contributed by atoms with Crippen LogP contribution in [-0.4, -0.2) is 41.3 Å². The largest absolute Gasteiger partial charge is 0.383 e. The van der Waals surface area contributed by atoms with Crippen LogP contribution in [0.25, 0.3) is 0 Å². The maximum atomic E-state index is 5.18. The Morgan fingerprint density at radius 1 is 1.35 bits per heavy atom. The first-order valence-corrected chi connectivity index (χ1v) is 8.54. The van der Waals surface area contributed by atoms with Crippen molar-refractivity contribution in [3.05, 3.63) is 53.6 Å². The van der Waals surface area contributed by atoms with Crippen LogP contribution in [-0.2, 0) is 17.8 Å². The van der Waals surface area contributed by atoms with Crippen molar-refractivity contribution in [2.45, 2.75) is 38.8 Å². The molecule has 1 unspecified atom stereocenters. The van der Waals surface area contributed by atoms with Crippen molar-refractivity contribution in [2.75, 3.05) is 26.8 Å². The summed E-state index contributed by atoms with van der Waals surface area (Å²) in [5.74, 6) is 1.79. The first-order valence-electron chi connectivity index (χ1n) is 8.54. The van der Waals surface area contributed by atoms with Crippen molar-refractivity contribution < 1.29 is 4.74 Å². The van der Waals surface area contributed by atoms with Crippen LogP contribution in [0.3, 0.4) is 0 Å². The molecule has 23 heavy (non-hydrogen) atoms. The highest BCUT2D eigenvalue weighted by Gasteiger charge is 2.22. The molecular formula is C19H27N3O. The zero-order valence-corrected chi connectivity index (χ0v) is 14.2. The van der Waals surface area contributed by atoms with E-state index in [1.807, 2.05) is 6.20 Å². The van der Waals surface area contributed by atoms with Gasteiger partial charge in [-0.15, -0.1) is 0 Å². The molecule has 2 aromatic rings. The number of piperidine rings is 1. The average molecular weight is 313 g/mol. The van der Waals surface area contributed by atoms with Gasteiger partial charge >= 0.3 is 0 Å². The molecule has 4 heteroatoms. The van der Waals surface area contributed by atoms with Crippen LogP contribution >= 0.6 is 0 Å². The number of benzene rings is 1. The lowest BCUT2D eigenvalue weighted by Gasteiger charge is -2.33. The molecule has 1 atom stereocenters. The topological polar surface area (TPSA) is 30.3 Å². The molecule has 3 rings (SSSR count). The van der Waals surface area contributed by atoms with Crippen LogP contribution in [0.5, 0.6) is 0 Å². The quantitative estimate of drug-likeness (QED) is 0.820. The molecular weight excluding hydrogens is 286 g/mol. The SMILES string of the molecule is COCCn1ccnc1CN1CCCC(c2cccc(C)c2)C1. The van der Waals surface area contributed by atoms with Gasteiger partial charge in [-0.3, -0.25) is 4.90 Å². The summed E-state index contributed by atoms with van der Waals surface area (Å²) < 4.78 is 7.39. The Morgan fingerprint density at radius 2 is 2.26 bits per heavy atom. The van der Waals surface area contributed by atoms with Crippen LogP contribution in [0.1, 0.15) is 35.7 Å². The highest BCUT2D eigenvalue weighted by atomic mass is 16.5. The molecule has 0 radical (unpaired) electrons. The van der Waals surface area contributed by atoms with E-state index in [0.717, 1.165) is 32.1 Å². The van der Waals surface area contributed by atoms with Gasteiger partial charge in [0.25, 0.3) is 0 Å². The number of aryl methyl sites for hydroxylation is 1. The average Bonchev–Trinajstić information content (AvgIpc) is 3.00. The van der Waals surface area contributed by atoms with Crippen LogP contribution in [0.15, 0.2) is 36.7 Å². The van der Waals surface area contributed by atoms with Gasteiger partial charge in [-0.05, 0) is 37.8 Å². The molecule has 1 aliphatic heterocycles. The summed E-state index contributed by atoms with van der Waals surface area (Å²) in [6, 6.07) is 8.98. The third-order valence-corrected chi connectivity index (χ3v) is 4.72. The van der Waals surface area contributed by atoms with E-state index < -0.39 is 0 Å². The molecule has 0 saturated carbocycles. The molecule has 2 heterocycles. The number of methoxy groups -OCH3 is 1. The fourth-order valence-corrected chi connectivity index (χ4v) is 3.48. The smallest absolute Gasteiger partial charge is 0.122 e. The molecule has 1 aliphatic rings. The van der Waals surface area contributed by atoms with Gasteiger partial charge < -0.3 is 9.30 Å². The Morgan fingerprint density at radius 3 is 3.09 bits per heavy atom. The second-order valence-corrected chi connectivity index (χ2v) is 6.52. The fourth-order valence-electron chi connectivity index (χ4n) is 3.48. The molecule has 0 amide bonds. The van der Waals surface area contributed by atoms with Crippen LogP contribution in [0.4, 0.5) is 0 Å². The molecule has 1 fully saturated rings. The number of nitrogens with zero attached hydrogens (tertiary/aromatic N) is 3. The highest BCUT2D eigenvalue weighted by molar-refractivity contribution is 5.26. The second kappa shape index (κ2) is 7.75. The van der Waals surface area contributed by atoms with Crippen molar-refractivity contribution in [1.29, 1.82) is 0 Å². The second-order valence-electron chi connectivity index (χ2n) is 6.52. The Labute approximate surface area is 139 Å². The highest BCUT2D eigenvalue weighted by Crippen LogP contribution is 2.28. The zero-order chi connectivity index (χ0) is 16.1. The van der Waals surface area contributed by atoms with Crippen LogP contribution < -0.4 is 0 Å². The van der Waals surface area contributed by atoms with Gasteiger partial charge in [-0.2, -0.15) is 0 Å². The van der Waals surface area contributed by atoms with Gasteiger partial charge in [0.15, 0.2) is 0 Å². The van der Waals surface area contributed by atoms with E-state index >= 15 is 0 Å². The number of imidazole rings is 1. The lowest BCUT2D eigenvalue weighted by Crippen LogP contribution is -2.34. The van der Waals surface area contributed by atoms with Crippen molar-refractivity contribution in [3.63, 3.8) is 0 Å². The summed E-state index contributed by atoms with van der Waals surface area (Å²) in [5, 5.41) is 0. The molecule has 124 valence electrons. The van der Waals surface area contributed by atoms with Gasteiger partial charge in [-0.25, -0.2) is 4.98 Å². The summed E-state index contributed by atoms with van der Waals surface area (Å²) in [6.45, 7) is 7.01. The van der Waals surface area contributed by atoms with E-state index in [1.54, 1.807) is 7.11 Å². The molecule has 0 spiro atoms. The third-order valence-electron chi connectivity index (χ3n) is 4.72. The van der Waals surface area contributed by atoms with Gasteiger partial charge in [0.05, 0.1) is 13.2 Å². The van der Waals surface area contributed by atoms with Crippen LogP contribution in [0.2, 0.25) is 0 Å². The Kier molecular flexibility index (Phi) is 5.47. The fraction of sp³-hybridized carbons (Fsp3) is 0.526. The van der Waals surface area contributed by atoms with E-state index in [4.69, 9.17) is 4.74 Å². The van der Waals surface area contributed by atoms with Crippen molar-refractivity contribution >= 4 is 0 Å². The van der Waals surface area contributed by atoms with Crippen molar-refractivity contribution in [1.82, 2.24) is 14.5 Å². The van der Waals surface area contributed by atoms with Gasteiger partial charge in [0.2, 0.25) is 0 Å². The molecule has 1 aromatic carbocycles. The van der Waals surface area contributed by atoms with E-state index in [1.165, 1.54) is 30.5 Å². The number of likely N-dealkylation sites (tertiary alicyclic amines) is 1. The summed E-state index contributed by atoms with van der Waals surface area (Å²) in [6.07, 6.45) is 6.50. The Hall–Kier alpha value is -1.65. The first kappa shape index (κ1) is 16.2. The minimum absolute atomic E-state index is 0.644. The van der Waals surface area contributed by atoms with Gasteiger partial charge in [0, 0.05) is 32.6 Å². The van der Waals surface area contributed by atoms with E-state index in [-0.39, 0.29) is 0 Å². The van der Waals surface area contributed by atoms with Crippen LogP contribution in [0, 0.1) is 6.92 Å². The van der Waals surface area contributed by atoms with Crippen molar-refractivity contribution in [3.8, 4) is 0 Å². The van der Waals surface area contributed by atoms with E-state index in [2.05, 4.69) is 51.8 Å². The molecule has 1 saturated heterocycles. The number of hydrogen-bond donors (Lipinski definition) is 0. The first-order chi connectivity index (χ1) is 11.3. The monoisotopic (exact) mass is 313 g/mol.